The summed E-state index contributed by atoms with van der Waals surface area (Å²) in [6, 6.07) is 0. The van der Waals surface area contributed by atoms with E-state index in [9.17, 15) is 18.0 Å². The number of rotatable bonds is 7. The number of alkyl halides is 3. The molecular formula is C10H19F3N2O2. The van der Waals surface area contributed by atoms with Crippen LogP contribution in [0.3, 0.4) is 0 Å². The third-order valence-electron chi connectivity index (χ3n) is 2.43. The number of likely N-dealkylation sites (N-methyl/N-ethyl adjacent to an activating group) is 2. The molecule has 0 rings (SSSR count). The zero-order valence-corrected chi connectivity index (χ0v) is 10.3. The van der Waals surface area contributed by atoms with Gasteiger partial charge in [-0.2, -0.15) is 13.2 Å². The van der Waals surface area contributed by atoms with Gasteiger partial charge in [0.1, 0.15) is 5.54 Å². The maximum absolute atomic E-state index is 12.2. The summed E-state index contributed by atoms with van der Waals surface area (Å²) in [4.78, 5) is 12.1. The van der Waals surface area contributed by atoms with Crippen LogP contribution < -0.4 is 5.32 Å². The highest BCUT2D eigenvalue weighted by Crippen LogP contribution is 2.18. The summed E-state index contributed by atoms with van der Waals surface area (Å²) in [7, 11) is 0. The first kappa shape index (κ1) is 16.2. The minimum Gasteiger partial charge on any atom is -0.480 e. The van der Waals surface area contributed by atoms with Crippen LogP contribution in [-0.4, -0.2) is 53.9 Å². The quantitative estimate of drug-likeness (QED) is 0.721. The van der Waals surface area contributed by atoms with Gasteiger partial charge in [0.15, 0.2) is 0 Å². The molecule has 17 heavy (non-hydrogen) atoms. The fourth-order valence-corrected chi connectivity index (χ4v) is 1.57. The van der Waals surface area contributed by atoms with Crippen molar-refractivity contribution in [2.24, 2.45) is 0 Å². The summed E-state index contributed by atoms with van der Waals surface area (Å²) in [6.45, 7) is 3.91. The van der Waals surface area contributed by atoms with E-state index in [0.29, 0.717) is 6.54 Å². The number of carbonyl (C=O) groups is 1. The van der Waals surface area contributed by atoms with Crippen molar-refractivity contribution in [3.8, 4) is 0 Å². The monoisotopic (exact) mass is 256 g/mol. The van der Waals surface area contributed by atoms with E-state index >= 15 is 0 Å². The number of halogens is 3. The summed E-state index contributed by atoms with van der Waals surface area (Å²) in [5.74, 6) is -1.15. The Balaban J connectivity index is 4.66. The molecular weight excluding hydrogens is 237 g/mol. The minimum atomic E-state index is -4.32. The van der Waals surface area contributed by atoms with Crippen LogP contribution in [0.25, 0.3) is 0 Å². The number of nitrogens with one attached hydrogen (secondary N) is 1. The van der Waals surface area contributed by atoms with Gasteiger partial charge in [-0.05, 0) is 20.0 Å². The van der Waals surface area contributed by atoms with Crippen molar-refractivity contribution in [2.75, 3.05) is 26.2 Å². The Morgan fingerprint density at radius 1 is 1.29 bits per heavy atom. The Kier molecular flexibility index (Phi) is 5.91. The zero-order valence-electron chi connectivity index (χ0n) is 10.3. The third-order valence-corrected chi connectivity index (χ3v) is 2.43. The number of carboxylic acid groups (broad SMARTS) is 1. The number of nitrogens with zero attached hydrogens (tertiary/aromatic N) is 1. The number of hydrogen-bond donors (Lipinski definition) is 2. The number of aliphatic carboxylic acids is 1. The molecule has 1 atom stereocenters. The topological polar surface area (TPSA) is 52.6 Å². The minimum absolute atomic E-state index is 0.147. The molecule has 0 fully saturated rings. The second-order valence-electron chi connectivity index (χ2n) is 4.09. The maximum atomic E-state index is 12.2. The largest absolute Gasteiger partial charge is 0.480 e. The molecule has 0 aromatic carbocycles. The smallest absolute Gasteiger partial charge is 0.401 e. The van der Waals surface area contributed by atoms with Gasteiger partial charge in [-0.1, -0.05) is 13.8 Å². The summed E-state index contributed by atoms with van der Waals surface area (Å²) in [6.07, 6.45) is -4.32. The fourth-order valence-electron chi connectivity index (χ4n) is 1.57. The summed E-state index contributed by atoms with van der Waals surface area (Å²) in [5, 5.41) is 11.7. The molecule has 0 spiro atoms. The lowest BCUT2D eigenvalue weighted by atomic mass is 10.0. The molecule has 102 valence electrons. The van der Waals surface area contributed by atoms with Crippen molar-refractivity contribution in [3.63, 3.8) is 0 Å². The van der Waals surface area contributed by atoms with Crippen LogP contribution in [0.4, 0.5) is 13.2 Å². The Morgan fingerprint density at radius 3 is 2.12 bits per heavy atom. The van der Waals surface area contributed by atoms with E-state index in [0.717, 1.165) is 4.90 Å². The average molecular weight is 256 g/mol. The van der Waals surface area contributed by atoms with Gasteiger partial charge in [0.2, 0.25) is 0 Å². The average Bonchev–Trinajstić information content (AvgIpc) is 2.14. The molecule has 0 radical (unpaired) electrons. The Hall–Kier alpha value is -0.820. The molecule has 2 N–H and O–H groups in total. The lowest BCUT2D eigenvalue weighted by Gasteiger charge is -2.32. The normalized spacial score (nSPS) is 15.9. The van der Waals surface area contributed by atoms with Gasteiger partial charge in [-0.15, -0.1) is 0 Å². The van der Waals surface area contributed by atoms with Crippen molar-refractivity contribution in [1.82, 2.24) is 10.2 Å². The van der Waals surface area contributed by atoms with Gasteiger partial charge >= 0.3 is 12.1 Å². The van der Waals surface area contributed by atoms with Crippen LogP contribution in [-0.2, 0) is 4.79 Å². The van der Waals surface area contributed by atoms with Gasteiger partial charge in [-0.25, -0.2) is 0 Å². The molecule has 0 aliphatic carbocycles. The molecule has 4 nitrogen and oxygen atoms in total. The van der Waals surface area contributed by atoms with Crippen LogP contribution in [0, 0.1) is 0 Å². The van der Waals surface area contributed by atoms with Crippen molar-refractivity contribution in [3.05, 3.63) is 0 Å². The van der Waals surface area contributed by atoms with Gasteiger partial charge in [0, 0.05) is 6.54 Å². The first-order valence-corrected chi connectivity index (χ1v) is 5.42. The first-order chi connectivity index (χ1) is 7.64. The highest BCUT2D eigenvalue weighted by molar-refractivity contribution is 5.78. The fraction of sp³-hybridized carbons (Fsp3) is 0.900. The third kappa shape index (κ3) is 5.88. The summed E-state index contributed by atoms with van der Waals surface area (Å²) >= 11 is 0. The summed E-state index contributed by atoms with van der Waals surface area (Å²) in [5.41, 5.74) is -1.37. The van der Waals surface area contributed by atoms with E-state index in [4.69, 9.17) is 5.11 Å². The van der Waals surface area contributed by atoms with Crippen molar-refractivity contribution in [2.45, 2.75) is 32.5 Å². The highest BCUT2D eigenvalue weighted by atomic mass is 19.4. The molecule has 0 saturated carbocycles. The van der Waals surface area contributed by atoms with E-state index in [1.807, 2.05) is 0 Å². The molecule has 0 aliphatic rings. The van der Waals surface area contributed by atoms with Crippen LogP contribution in [0.5, 0.6) is 0 Å². The van der Waals surface area contributed by atoms with E-state index in [-0.39, 0.29) is 13.1 Å². The Labute approximate surface area is 98.8 Å². The molecule has 0 aromatic rings. The van der Waals surface area contributed by atoms with E-state index in [1.165, 1.54) is 6.92 Å². The second kappa shape index (κ2) is 6.20. The number of hydrogen-bond acceptors (Lipinski definition) is 3. The SMILES string of the molecule is CCNC(C)(CN(CC)CC(F)(F)F)C(=O)O. The zero-order chi connectivity index (χ0) is 13.7. The van der Waals surface area contributed by atoms with Crippen LogP contribution in [0.2, 0.25) is 0 Å². The molecule has 7 heteroatoms. The molecule has 0 heterocycles. The Bertz CT molecular complexity index is 258. The van der Waals surface area contributed by atoms with E-state index < -0.39 is 24.2 Å². The van der Waals surface area contributed by atoms with Crippen molar-refractivity contribution < 1.29 is 23.1 Å². The lowest BCUT2D eigenvalue weighted by molar-refractivity contribution is -0.155. The standard InChI is InChI=1S/C10H19F3N2O2/c1-4-14-9(3,8(16)17)6-15(5-2)7-10(11,12)13/h14H,4-7H2,1-3H3,(H,16,17). The predicted octanol–water partition coefficient (Wildman–Crippen LogP) is 1.32. The van der Waals surface area contributed by atoms with Crippen LogP contribution in [0.1, 0.15) is 20.8 Å². The molecule has 0 amide bonds. The summed E-state index contributed by atoms with van der Waals surface area (Å²) < 4.78 is 36.7. The van der Waals surface area contributed by atoms with Gasteiger partial charge < -0.3 is 10.4 Å². The van der Waals surface area contributed by atoms with Gasteiger partial charge in [0.05, 0.1) is 6.54 Å². The van der Waals surface area contributed by atoms with Crippen LogP contribution >= 0.6 is 0 Å². The van der Waals surface area contributed by atoms with Crippen LogP contribution in [0.15, 0.2) is 0 Å². The maximum Gasteiger partial charge on any atom is 0.401 e. The molecule has 0 aromatic heterocycles. The van der Waals surface area contributed by atoms with Gasteiger partial charge in [0.25, 0.3) is 0 Å². The Morgan fingerprint density at radius 2 is 1.82 bits per heavy atom. The van der Waals surface area contributed by atoms with Gasteiger partial charge in [-0.3, -0.25) is 9.69 Å². The first-order valence-electron chi connectivity index (χ1n) is 5.42. The van der Waals surface area contributed by atoms with E-state index in [1.54, 1.807) is 13.8 Å². The highest BCUT2D eigenvalue weighted by Gasteiger charge is 2.37. The van der Waals surface area contributed by atoms with Crippen molar-refractivity contribution >= 4 is 5.97 Å². The molecule has 0 bridgehead atoms. The molecule has 0 saturated heterocycles. The molecule has 1 unspecified atom stereocenters. The van der Waals surface area contributed by atoms with Crippen molar-refractivity contribution in [1.29, 1.82) is 0 Å². The lowest BCUT2D eigenvalue weighted by Crippen LogP contribution is -2.57. The predicted molar refractivity (Wildman–Crippen MR) is 57.9 cm³/mol. The number of carboxylic acids is 1. The van der Waals surface area contributed by atoms with E-state index in [2.05, 4.69) is 5.32 Å². The second-order valence-corrected chi connectivity index (χ2v) is 4.09. The molecule has 0 aliphatic heterocycles.